The zero-order valence-electron chi connectivity index (χ0n) is 21.4. The fraction of sp³-hybridized carbons (Fsp3) is 0.250. The normalized spacial score (nSPS) is 14.6. The monoisotopic (exact) mass is 553 g/mol. The number of quaternary nitrogens is 1. The lowest BCUT2D eigenvalue weighted by atomic mass is 9.96. The molecule has 9 nitrogen and oxygen atoms in total. The first-order valence-corrected chi connectivity index (χ1v) is 12.8. The molecule has 1 fully saturated rings. The van der Waals surface area contributed by atoms with E-state index < -0.39 is 18.1 Å². The summed E-state index contributed by atoms with van der Waals surface area (Å²) in [7, 11) is 0. The van der Waals surface area contributed by atoms with E-state index in [-0.39, 0.29) is 11.6 Å². The summed E-state index contributed by atoms with van der Waals surface area (Å²) in [6.45, 7) is 3.55. The number of alkyl halides is 3. The van der Waals surface area contributed by atoms with Crippen molar-refractivity contribution in [3.63, 3.8) is 0 Å². The number of rotatable bonds is 8. The molecule has 2 heterocycles. The van der Waals surface area contributed by atoms with Crippen molar-refractivity contribution in [3.8, 4) is 16.9 Å². The third kappa shape index (κ3) is 6.96. The number of amides is 3. The van der Waals surface area contributed by atoms with Gasteiger partial charge in [0, 0.05) is 42.2 Å². The number of nitrogens with one attached hydrogen (secondary N) is 3. The standard InChI is InChI=1S/C28H27F3N6O3/c29-28(30,31)40-22-5-3-4-21(16-22)35-27(39)34-20-8-6-18(7-9-20)23-14-19(15-25-24(23)17-33-36-25)26(38)32-10-13-37-11-1-2-12-37/h3-9,14-17H,1-2,10-13H2,(H,32,38)(H,33,36)(H2,34,35,39)/p+1. The van der Waals surface area contributed by atoms with Gasteiger partial charge in [0.05, 0.1) is 11.8 Å². The molecule has 0 aliphatic carbocycles. The minimum Gasteiger partial charge on any atom is -0.406 e. The maximum absolute atomic E-state index is 12.9. The molecule has 1 saturated heterocycles. The largest absolute Gasteiger partial charge is 0.573 e. The number of hydrogen-bond donors (Lipinski definition) is 4. The molecular formula is C28H28F3N6O3+. The van der Waals surface area contributed by atoms with Gasteiger partial charge in [0.1, 0.15) is 5.75 Å². The number of fused-ring (bicyclic) bond motifs is 1. The molecule has 40 heavy (non-hydrogen) atoms. The molecule has 0 unspecified atom stereocenters. The van der Waals surface area contributed by atoms with Gasteiger partial charge in [0.2, 0.25) is 0 Å². The Morgan fingerprint density at radius 3 is 2.48 bits per heavy atom. The summed E-state index contributed by atoms with van der Waals surface area (Å²) in [5.74, 6) is -0.589. The maximum atomic E-state index is 12.9. The minimum atomic E-state index is -4.83. The van der Waals surface area contributed by atoms with Crippen molar-refractivity contribution >= 4 is 35.2 Å². The highest BCUT2D eigenvalue weighted by atomic mass is 19.4. The van der Waals surface area contributed by atoms with Crippen molar-refractivity contribution in [1.29, 1.82) is 0 Å². The molecule has 0 aromatic heterocycles. The van der Waals surface area contributed by atoms with E-state index in [4.69, 9.17) is 0 Å². The van der Waals surface area contributed by atoms with Crippen LogP contribution in [0.4, 0.5) is 35.0 Å². The van der Waals surface area contributed by atoms with Crippen molar-refractivity contribution in [2.45, 2.75) is 19.2 Å². The molecule has 0 atom stereocenters. The zero-order chi connectivity index (χ0) is 28.1. The molecule has 2 aliphatic rings. The molecule has 3 amide bonds. The van der Waals surface area contributed by atoms with Gasteiger partial charge in [-0.15, -0.1) is 13.2 Å². The Balaban J connectivity index is 1.24. The highest BCUT2D eigenvalue weighted by molar-refractivity contribution is 6.03. The number of benzene rings is 3. The van der Waals surface area contributed by atoms with E-state index in [0.717, 1.165) is 54.1 Å². The first kappa shape index (κ1) is 27.2. The molecule has 0 saturated carbocycles. The average Bonchev–Trinajstić information content (AvgIpc) is 3.60. The van der Waals surface area contributed by atoms with E-state index in [1.165, 1.54) is 25.0 Å². The van der Waals surface area contributed by atoms with Crippen molar-refractivity contribution in [1.82, 2.24) is 10.2 Å². The van der Waals surface area contributed by atoms with Crippen LogP contribution < -0.4 is 26.1 Å². The maximum Gasteiger partial charge on any atom is 0.573 e. The van der Waals surface area contributed by atoms with Gasteiger partial charge in [-0.05, 0) is 67.4 Å². The summed E-state index contributed by atoms with van der Waals surface area (Å²) < 4.78 is 41.3. The second-order valence-electron chi connectivity index (χ2n) is 9.47. The number of likely N-dealkylation sites (tertiary alicyclic amines) is 1. The van der Waals surface area contributed by atoms with E-state index in [1.807, 2.05) is 24.3 Å². The van der Waals surface area contributed by atoms with Crippen molar-refractivity contribution in [2.24, 2.45) is 5.10 Å². The highest BCUT2D eigenvalue weighted by Gasteiger charge is 2.31. The number of carbonyl (C=O) groups excluding carboxylic acids is 2. The lowest BCUT2D eigenvalue weighted by Crippen LogP contribution is -2.69. The molecule has 0 radical (unpaired) electrons. The molecule has 5 rings (SSSR count). The average molecular weight is 554 g/mol. The first-order valence-electron chi connectivity index (χ1n) is 12.8. The summed E-state index contributed by atoms with van der Waals surface area (Å²) in [6, 6.07) is 15.0. The fourth-order valence-corrected chi connectivity index (χ4v) is 4.72. The summed E-state index contributed by atoms with van der Waals surface area (Å²) >= 11 is 0. The van der Waals surface area contributed by atoms with Crippen molar-refractivity contribution in [2.75, 3.05) is 36.8 Å². The number of nitrogens with zero attached hydrogens (tertiary/aromatic N) is 2. The Kier molecular flexibility index (Phi) is 7.99. The Morgan fingerprint density at radius 2 is 1.73 bits per heavy atom. The fourth-order valence-electron chi connectivity index (χ4n) is 4.72. The third-order valence-corrected chi connectivity index (χ3v) is 6.58. The van der Waals surface area contributed by atoms with Crippen molar-refractivity contribution < 1.29 is 32.9 Å². The van der Waals surface area contributed by atoms with Gasteiger partial charge in [-0.2, -0.15) is 5.43 Å². The smallest absolute Gasteiger partial charge is 0.406 e. The number of nitrogens with two attached hydrogens (primary N) is 1. The molecule has 0 spiro atoms. The summed E-state index contributed by atoms with van der Waals surface area (Å²) in [6.07, 6.45) is -0.684. The van der Waals surface area contributed by atoms with Gasteiger partial charge in [-0.25, -0.2) is 4.79 Å². The SMILES string of the molecule is O=C(Nc1ccc(-c2cc(C(=O)NCCN3CCCC3)cc3c2C=N[NH2+]3)cc1)Nc1cccc(OC(F)(F)F)c1. The number of ether oxygens (including phenoxy) is 1. The van der Waals surface area contributed by atoms with Crippen LogP contribution in [0.3, 0.4) is 0 Å². The molecular weight excluding hydrogens is 525 g/mol. The van der Waals surface area contributed by atoms with Crippen LogP contribution in [0.5, 0.6) is 5.75 Å². The molecule has 3 aromatic rings. The van der Waals surface area contributed by atoms with Gasteiger partial charge in [-0.1, -0.05) is 23.3 Å². The highest BCUT2D eigenvalue weighted by Crippen LogP contribution is 2.30. The van der Waals surface area contributed by atoms with Crippen molar-refractivity contribution in [3.05, 3.63) is 71.8 Å². The lowest BCUT2D eigenvalue weighted by Gasteiger charge is -2.15. The van der Waals surface area contributed by atoms with Gasteiger partial charge >= 0.3 is 12.4 Å². The second kappa shape index (κ2) is 11.8. The minimum absolute atomic E-state index is 0.137. The van der Waals surface area contributed by atoms with Crippen LogP contribution >= 0.6 is 0 Å². The van der Waals surface area contributed by atoms with Gasteiger partial charge in [0.15, 0.2) is 5.69 Å². The van der Waals surface area contributed by atoms with Crippen LogP contribution in [-0.2, 0) is 0 Å². The Labute approximate surface area is 228 Å². The zero-order valence-corrected chi connectivity index (χ0v) is 21.4. The number of halogens is 3. The number of carbonyl (C=O) groups is 2. The number of urea groups is 1. The second-order valence-corrected chi connectivity index (χ2v) is 9.47. The van der Waals surface area contributed by atoms with E-state index in [1.54, 1.807) is 23.8 Å². The predicted molar refractivity (Wildman–Crippen MR) is 145 cm³/mol. The van der Waals surface area contributed by atoms with Gasteiger partial charge < -0.3 is 25.6 Å². The third-order valence-electron chi connectivity index (χ3n) is 6.58. The van der Waals surface area contributed by atoms with E-state index >= 15 is 0 Å². The molecule has 5 N–H and O–H groups in total. The summed E-state index contributed by atoms with van der Waals surface area (Å²) in [4.78, 5) is 27.7. The molecule has 208 valence electrons. The number of hydrogen-bond acceptors (Lipinski definition) is 5. The molecule has 2 aliphatic heterocycles. The van der Waals surface area contributed by atoms with E-state index in [2.05, 4.69) is 30.7 Å². The van der Waals surface area contributed by atoms with Gasteiger partial charge in [0.25, 0.3) is 5.91 Å². The van der Waals surface area contributed by atoms with Crippen LogP contribution in [0, 0.1) is 0 Å². The Morgan fingerprint density at radius 1 is 0.975 bits per heavy atom. The van der Waals surface area contributed by atoms with Gasteiger partial charge in [-0.3, -0.25) is 4.79 Å². The Bertz CT molecular complexity index is 1420. The predicted octanol–water partition coefficient (Wildman–Crippen LogP) is 4.26. The first-order chi connectivity index (χ1) is 19.2. The molecule has 12 heteroatoms. The topological polar surface area (TPSA) is 112 Å². The van der Waals surface area contributed by atoms with Crippen LogP contribution in [0.25, 0.3) is 11.1 Å². The summed E-state index contributed by atoms with van der Waals surface area (Å²) in [5, 5.41) is 12.4. The quantitative estimate of drug-likeness (QED) is 0.247. The van der Waals surface area contributed by atoms with E-state index in [0.29, 0.717) is 17.8 Å². The van der Waals surface area contributed by atoms with Crippen LogP contribution in [0.2, 0.25) is 0 Å². The van der Waals surface area contributed by atoms with Crippen LogP contribution in [-0.4, -0.2) is 55.6 Å². The molecule has 0 bridgehead atoms. The summed E-state index contributed by atoms with van der Waals surface area (Å²) in [5.41, 5.74) is 6.26. The van der Waals surface area contributed by atoms with Crippen LogP contribution in [0.1, 0.15) is 28.8 Å². The van der Waals surface area contributed by atoms with E-state index in [9.17, 15) is 22.8 Å². The molecule has 3 aromatic carbocycles. The lowest BCUT2D eigenvalue weighted by molar-refractivity contribution is -0.573. The van der Waals surface area contributed by atoms with Crippen LogP contribution in [0.15, 0.2) is 65.8 Å². The Hall–Kier alpha value is -4.42. The number of anilines is 2.